The van der Waals surface area contributed by atoms with E-state index in [0.717, 1.165) is 29.6 Å². The molecule has 1 N–H and O–H groups in total. The van der Waals surface area contributed by atoms with Crippen molar-refractivity contribution in [3.8, 4) is 0 Å². The number of rotatable bonds is 3. The molecule has 1 aliphatic carbocycles. The Morgan fingerprint density at radius 3 is 3.00 bits per heavy atom. The Morgan fingerprint density at radius 2 is 2.22 bits per heavy atom. The first-order chi connectivity index (χ1) is 10.9. The predicted octanol–water partition coefficient (Wildman–Crippen LogP) is 2.75. The van der Waals surface area contributed by atoms with Crippen LogP contribution in [0.25, 0.3) is 11.0 Å². The van der Waals surface area contributed by atoms with E-state index in [-0.39, 0.29) is 17.9 Å². The molecule has 1 heterocycles. The molecule has 0 unspecified atom stereocenters. The normalized spacial score (nSPS) is 22.4. The number of nitrogens with zero attached hydrogens (tertiary/aromatic N) is 4. The summed E-state index contributed by atoms with van der Waals surface area (Å²) >= 11 is 0. The fourth-order valence-electron chi connectivity index (χ4n) is 3.55. The zero-order chi connectivity index (χ0) is 16.4. The van der Waals surface area contributed by atoms with E-state index in [9.17, 15) is 4.79 Å². The maximum Gasteiger partial charge on any atom is 0.261 e. The summed E-state index contributed by atoms with van der Waals surface area (Å²) in [7, 11) is 0. The van der Waals surface area contributed by atoms with E-state index in [1.165, 1.54) is 6.42 Å². The van der Waals surface area contributed by atoms with Crippen molar-refractivity contribution in [2.24, 2.45) is 16.4 Å². The summed E-state index contributed by atoms with van der Waals surface area (Å²) in [4.78, 5) is 12.1. The molecule has 6 heteroatoms. The lowest BCUT2D eigenvalue weighted by atomic mass is 9.72. The van der Waals surface area contributed by atoms with Gasteiger partial charge in [0, 0.05) is 5.71 Å². The zero-order valence-corrected chi connectivity index (χ0v) is 13.9. The fraction of sp³-hybridized carbons (Fsp3) is 0.529. The van der Waals surface area contributed by atoms with Gasteiger partial charge in [-0.1, -0.05) is 38.1 Å². The predicted molar refractivity (Wildman–Crippen MR) is 89.9 cm³/mol. The number of aromatic nitrogens is 3. The highest BCUT2D eigenvalue weighted by Crippen LogP contribution is 2.36. The minimum absolute atomic E-state index is 0.121. The van der Waals surface area contributed by atoms with Gasteiger partial charge >= 0.3 is 0 Å². The Balaban J connectivity index is 1.64. The third-order valence-electron chi connectivity index (χ3n) is 4.22. The third kappa shape index (κ3) is 3.75. The summed E-state index contributed by atoms with van der Waals surface area (Å²) in [5, 5.41) is 12.4. The SMILES string of the molecule is C[C@H]1C/C(=N\NC(=O)Cn2nnc3ccccc32)CC(C)(C)C1. The number of hydrazone groups is 1. The number of benzene rings is 1. The van der Waals surface area contributed by atoms with Crippen molar-refractivity contribution in [1.82, 2.24) is 20.4 Å². The van der Waals surface area contributed by atoms with Gasteiger partial charge in [-0.15, -0.1) is 5.10 Å². The van der Waals surface area contributed by atoms with E-state index < -0.39 is 0 Å². The number of amides is 1. The highest BCUT2D eigenvalue weighted by molar-refractivity contribution is 5.88. The number of carbonyl (C=O) groups excluding carboxylic acids is 1. The second-order valence-electron chi connectivity index (χ2n) is 7.30. The number of hydrogen-bond acceptors (Lipinski definition) is 4. The van der Waals surface area contributed by atoms with E-state index in [0.29, 0.717) is 5.92 Å². The Kier molecular flexibility index (Phi) is 4.15. The Labute approximate surface area is 135 Å². The molecular weight excluding hydrogens is 290 g/mol. The van der Waals surface area contributed by atoms with E-state index >= 15 is 0 Å². The first-order valence-electron chi connectivity index (χ1n) is 8.05. The molecule has 1 saturated carbocycles. The number of nitrogens with one attached hydrogen (secondary N) is 1. The van der Waals surface area contributed by atoms with Gasteiger partial charge in [0.2, 0.25) is 0 Å². The monoisotopic (exact) mass is 313 g/mol. The number of carbonyl (C=O) groups is 1. The molecule has 3 rings (SSSR count). The molecule has 2 aromatic rings. The molecule has 122 valence electrons. The van der Waals surface area contributed by atoms with Gasteiger partial charge < -0.3 is 0 Å². The molecule has 1 aliphatic rings. The van der Waals surface area contributed by atoms with E-state index in [1.54, 1.807) is 4.68 Å². The summed E-state index contributed by atoms with van der Waals surface area (Å²) in [5.74, 6) is 0.429. The lowest BCUT2D eigenvalue weighted by Crippen LogP contribution is -2.31. The molecule has 6 nitrogen and oxygen atoms in total. The quantitative estimate of drug-likeness (QED) is 0.886. The van der Waals surface area contributed by atoms with Crippen LogP contribution in [0.5, 0.6) is 0 Å². The van der Waals surface area contributed by atoms with Crippen LogP contribution in [0.1, 0.15) is 40.0 Å². The highest BCUT2D eigenvalue weighted by Gasteiger charge is 2.29. The standard InChI is InChI=1S/C17H23N5O/c1-12-8-13(10-17(2,3)9-12)18-20-16(23)11-22-15-7-5-4-6-14(15)19-21-22/h4-7,12H,8-11H2,1-3H3,(H,20,23)/b18-13+/t12-/m0/s1. The maximum atomic E-state index is 12.1. The molecule has 0 radical (unpaired) electrons. The van der Waals surface area contributed by atoms with Crippen molar-refractivity contribution in [3.63, 3.8) is 0 Å². The third-order valence-corrected chi connectivity index (χ3v) is 4.22. The van der Waals surface area contributed by atoms with Crippen LogP contribution in [0.4, 0.5) is 0 Å². The Morgan fingerprint density at radius 1 is 1.43 bits per heavy atom. The summed E-state index contributed by atoms with van der Waals surface area (Å²) in [6.45, 7) is 6.86. The molecule has 1 fully saturated rings. The van der Waals surface area contributed by atoms with Crippen molar-refractivity contribution in [3.05, 3.63) is 24.3 Å². The summed E-state index contributed by atoms with van der Waals surface area (Å²) in [5.41, 5.74) is 5.64. The summed E-state index contributed by atoms with van der Waals surface area (Å²) in [6, 6.07) is 7.59. The van der Waals surface area contributed by atoms with E-state index in [4.69, 9.17) is 0 Å². The van der Waals surface area contributed by atoms with Crippen LogP contribution in [-0.2, 0) is 11.3 Å². The van der Waals surface area contributed by atoms with Gasteiger partial charge in [0.25, 0.3) is 5.91 Å². The van der Waals surface area contributed by atoms with Gasteiger partial charge in [-0.3, -0.25) is 4.79 Å². The molecule has 0 saturated heterocycles. The Bertz CT molecular complexity index is 746. The average molecular weight is 313 g/mol. The van der Waals surface area contributed by atoms with Crippen LogP contribution < -0.4 is 5.43 Å². The van der Waals surface area contributed by atoms with Crippen LogP contribution in [0.2, 0.25) is 0 Å². The minimum atomic E-state index is -0.177. The molecular formula is C17H23N5O. The summed E-state index contributed by atoms with van der Waals surface area (Å²) in [6.07, 6.45) is 3.09. The molecule has 0 aliphatic heterocycles. The van der Waals surface area contributed by atoms with E-state index in [2.05, 4.69) is 41.6 Å². The van der Waals surface area contributed by atoms with Crippen LogP contribution in [0.15, 0.2) is 29.4 Å². The van der Waals surface area contributed by atoms with Crippen molar-refractivity contribution in [1.29, 1.82) is 0 Å². The van der Waals surface area contributed by atoms with Crippen LogP contribution >= 0.6 is 0 Å². The van der Waals surface area contributed by atoms with Crippen molar-refractivity contribution < 1.29 is 4.79 Å². The van der Waals surface area contributed by atoms with Gasteiger partial charge in [0.1, 0.15) is 12.1 Å². The highest BCUT2D eigenvalue weighted by atomic mass is 16.2. The first-order valence-corrected chi connectivity index (χ1v) is 8.05. The smallest absolute Gasteiger partial charge is 0.261 e. The topological polar surface area (TPSA) is 72.2 Å². The van der Waals surface area contributed by atoms with Gasteiger partial charge in [0.15, 0.2) is 0 Å². The molecule has 1 aromatic carbocycles. The van der Waals surface area contributed by atoms with Gasteiger partial charge in [-0.05, 0) is 42.7 Å². The van der Waals surface area contributed by atoms with Crippen LogP contribution in [-0.4, -0.2) is 26.6 Å². The van der Waals surface area contributed by atoms with Crippen LogP contribution in [0.3, 0.4) is 0 Å². The largest absolute Gasteiger partial charge is 0.271 e. The van der Waals surface area contributed by atoms with Crippen molar-refractivity contribution >= 4 is 22.7 Å². The molecule has 0 spiro atoms. The molecule has 1 aromatic heterocycles. The zero-order valence-electron chi connectivity index (χ0n) is 13.9. The summed E-state index contributed by atoms with van der Waals surface area (Å²) < 4.78 is 1.60. The number of hydrogen-bond donors (Lipinski definition) is 1. The average Bonchev–Trinajstić information content (AvgIpc) is 2.86. The van der Waals surface area contributed by atoms with E-state index in [1.807, 2.05) is 24.3 Å². The Hall–Kier alpha value is -2.24. The van der Waals surface area contributed by atoms with Gasteiger partial charge in [0.05, 0.1) is 5.52 Å². The fourth-order valence-corrected chi connectivity index (χ4v) is 3.55. The van der Waals surface area contributed by atoms with Gasteiger partial charge in [-0.2, -0.15) is 5.10 Å². The maximum absolute atomic E-state index is 12.1. The molecule has 0 bridgehead atoms. The number of para-hydroxylation sites is 1. The molecule has 23 heavy (non-hydrogen) atoms. The first kappa shape index (κ1) is 15.6. The molecule has 1 amide bonds. The van der Waals surface area contributed by atoms with Crippen molar-refractivity contribution in [2.75, 3.05) is 0 Å². The second kappa shape index (κ2) is 6.10. The lowest BCUT2D eigenvalue weighted by molar-refractivity contribution is -0.121. The van der Waals surface area contributed by atoms with Crippen LogP contribution in [0, 0.1) is 11.3 Å². The van der Waals surface area contributed by atoms with Crippen molar-refractivity contribution in [2.45, 2.75) is 46.6 Å². The number of fused-ring (bicyclic) bond motifs is 1. The van der Waals surface area contributed by atoms with Gasteiger partial charge in [-0.25, -0.2) is 10.1 Å². The second-order valence-corrected chi connectivity index (χ2v) is 7.30. The lowest BCUT2D eigenvalue weighted by Gasteiger charge is -2.34. The minimum Gasteiger partial charge on any atom is -0.271 e. The molecule has 1 atom stereocenters.